The molecule has 0 aliphatic rings. The van der Waals surface area contributed by atoms with Gasteiger partial charge in [-0.1, -0.05) is 6.07 Å². The summed E-state index contributed by atoms with van der Waals surface area (Å²) in [5.74, 6) is -1.78. The van der Waals surface area contributed by atoms with E-state index in [1.165, 1.54) is 6.07 Å². The lowest BCUT2D eigenvalue weighted by atomic mass is 10.1. The number of anilines is 1. The van der Waals surface area contributed by atoms with E-state index in [0.29, 0.717) is 6.54 Å². The van der Waals surface area contributed by atoms with Crippen molar-refractivity contribution in [3.63, 3.8) is 0 Å². The van der Waals surface area contributed by atoms with Crippen LogP contribution in [-0.2, 0) is 0 Å². The standard InChI is InChI=1S/C12H10F2N4O2/c1-2-15-12-16-6-9(18(19)20)11(17-12)10-7(13)4-3-5-8(10)14/h3-6H,2H2,1H3,(H,15,16,17). The van der Waals surface area contributed by atoms with E-state index >= 15 is 0 Å². The van der Waals surface area contributed by atoms with Crippen molar-refractivity contribution in [2.24, 2.45) is 0 Å². The lowest BCUT2D eigenvalue weighted by Crippen LogP contribution is -2.06. The predicted molar refractivity (Wildman–Crippen MR) is 68.2 cm³/mol. The Morgan fingerprint density at radius 1 is 1.35 bits per heavy atom. The molecular weight excluding hydrogens is 270 g/mol. The van der Waals surface area contributed by atoms with Crippen LogP contribution in [0.1, 0.15) is 6.92 Å². The van der Waals surface area contributed by atoms with E-state index in [9.17, 15) is 18.9 Å². The van der Waals surface area contributed by atoms with Gasteiger partial charge in [0.25, 0.3) is 0 Å². The molecule has 0 saturated heterocycles. The number of aromatic nitrogens is 2. The normalized spacial score (nSPS) is 10.3. The Balaban J connectivity index is 2.69. The summed E-state index contributed by atoms with van der Waals surface area (Å²) in [6.45, 7) is 2.24. The van der Waals surface area contributed by atoms with Gasteiger partial charge in [-0.15, -0.1) is 0 Å². The summed E-state index contributed by atoms with van der Waals surface area (Å²) in [6.07, 6.45) is 0.923. The molecule has 8 heteroatoms. The maximum Gasteiger partial charge on any atom is 0.314 e. The SMILES string of the molecule is CCNc1ncc([N+](=O)[O-])c(-c2c(F)cccc2F)n1. The molecule has 1 heterocycles. The Bertz CT molecular complexity index is 644. The molecule has 0 amide bonds. The van der Waals surface area contributed by atoms with Gasteiger partial charge in [0.1, 0.15) is 17.8 Å². The maximum atomic E-state index is 13.8. The van der Waals surface area contributed by atoms with Crippen molar-refractivity contribution in [1.82, 2.24) is 9.97 Å². The summed E-state index contributed by atoms with van der Waals surface area (Å²) < 4.78 is 27.5. The van der Waals surface area contributed by atoms with E-state index in [2.05, 4.69) is 15.3 Å². The molecule has 104 valence electrons. The van der Waals surface area contributed by atoms with Gasteiger partial charge < -0.3 is 5.32 Å². The van der Waals surface area contributed by atoms with Crippen LogP contribution in [0.4, 0.5) is 20.4 Å². The van der Waals surface area contributed by atoms with Crippen LogP contribution in [0.3, 0.4) is 0 Å². The minimum Gasteiger partial charge on any atom is -0.354 e. The van der Waals surface area contributed by atoms with E-state index in [0.717, 1.165) is 18.3 Å². The van der Waals surface area contributed by atoms with Crippen molar-refractivity contribution >= 4 is 11.6 Å². The van der Waals surface area contributed by atoms with Crippen LogP contribution in [0.15, 0.2) is 24.4 Å². The van der Waals surface area contributed by atoms with Crippen LogP contribution < -0.4 is 5.32 Å². The summed E-state index contributed by atoms with van der Waals surface area (Å²) in [5.41, 5.74) is -1.49. The first kappa shape index (κ1) is 13.8. The highest BCUT2D eigenvalue weighted by Crippen LogP contribution is 2.31. The predicted octanol–water partition coefficient (Wildman–Crippen LogP) is 2.76. The molecule has 6 nitrogen and oxygen atoms in total. The molecule has 0 unspecified atom stereocenters. The average molecular weight is 280 g/mol. The van der Waals surface area contributed by atoms with Gasteiger partial charge >= 0.3 is 5.69 Å². The third-order valence-corrected chi connectivity index (χ3v) is 2.50. The van der Waals surface area contributed by atoms with Crippen molar-refractivity contribution in [3.05, 3.63) is 46.1 Å². The lowest BCUT2D eigenvalue weighted by Gasteiger charge is -2.07. The fourth-order valence-corrected chi connectivity index (χ4v) is 1.66. The van der Waals surface area contributed by atoms with Crippen LogP contribution in [0.25, 0.3) is 11.3 Å². The largest absolute Gasteiger partial charge is 0.354 e. The molecule has 20 heavy (non-hydrogen) atoms. The van der Waals surface area contributed by atoms with Gasteiger partial charge in [-0.2, -0.15) is 0 Å². The number of halogens is 2. The second-order valence-electron chi connectivity index (χ2n) is 3.81. The summed E-state index contributed by atoms with van der Waals surface area (Å²) >= 11 is 0. The van der Waals surface area contributed by atoms with Crippen LogP contribution in [0.5, 0.6) is 0 Å². The van der Waals surface area contributed by atoms with E-state index in [4.69, 9.17) is 0 Å². The molecular formula is C12H10F2N4O2. The Morgan fingerprint density at radius 2 is 2.00 bits per heavy atom. The Kier molecular flexibility index (Phi) is 3.83. The van der Waals surface area contributed by atoms with Crippen LogP contribution in [0, 0.1) is 21.7 Å². The fourth-order valence-electron chi connectivity index (χ4n) is 1.66. The monoisotopic (exact) mass is 280 g/mol. The third-order valence-electron chi connectivity index (χ3n) is 2.50. The van der Waals surface area contributed by atoms with Gasteiger partial charge in [-0.25, -0.2) is 18.7 Å². The van der Waals surface area contributed by atoms with Gasteiger partial charge in [0, 0.05) is 6.54 Å². The van der Waals surface area contributed by atoms with Gasteiger partial charge in [0.15, 0.2) is 5.69 Å². The zero-order valence-corrected chi connectivity index (χ0v) is 10.4. The second kappa shape index (κ2) is 5.55. The average Bonchev–Trinajstić information content (AvgIpc) is 2.39. The number of hydrogen-bond acceptors (Lipinski definition) is 5. The molecule has 1 aromatic carbocycles. The van der Waals surface area contributed by atoms with Crippen molar-refractivity contribution in [1.29, 1.82) is 0 Å². The number of benzene rings is 1. The molecule has 1 aromatic heterocycles. The molecule has 0 spiro atoms. The molecule has 0 radical (unpaired) electrons. The summed E-state index contributed by atoms with van der Waals surface area (Å²) in [6, 6.07) is 3.20. The molecule has 2 aromatic rings. The van der Waals surface area contributed by atoms with E-state index in [1.54, 1.807) is 6.92 Å². The summed E-state index contributed by atoms with van der Waals surface area (Å²) in [4.78, 5) is 17.7. The van der Waals surface area contributed by atoms with Gasteiger partial charge in [-0.3, -0.25) is 10.1 Å². The summed E-state index contributed by atoms with van der Waals surface area (Å²) in [7, 11) is 0. The van der Waals surface area contributed by atoms with Crippen molar-refractivity contribution < 1.29 is 13.7 Å². The fraction of sp³-hybridized carbons (Fsp3) is 0.167. The molecule has 0 saturated carbocycles. The lowest BCUT2D eigenvalue weighted by molar-refractivity contribution is -0.384. The van der Waals surface area contributed by atoms with Crippen LogP contribution in [0.2, 0.25) is 0 Å². The van der Waals surface area contributed by atoms with E-state index < -0.39 is 33.5 Å². The number of nitro groups is 1. The topological polar surface area (TPSA) is 81.0 Å². The minimum absolute atomic E-state index is 0.0655. The first-order valence-corrected chi connectivity index (χ1v) is 5.74. The first-order valence-electron chi connectivity index (χ1n) is 5.74. The van der Waals surface area contributed by atoms with Crippen molar-refractivity contribution in [2.45, 2.75) is 6.92 Å². The van der Waals surface area contributed by atoms with Crippen molar-refractivity contribution in [3.8, 4) is 11.3 Å². The highest BCUT2D eigenvalue weighted by Gasteiger charge is 2.24. The number of nitrogens with zero attached hydrogens (tertiary/aromatic N) is 3. The molecule has 2 rings (SSSR count). The quantitative estimate of drug-likeness (QED) is 0.688. The zero-order valence-electron chi connectivity index (χ0n) is 10.4. The highest BCUT2D eigenvalue weighted by atomic mass is 19.1. The van der Waals surface area contributed by atoms with Crippen molar-refractivity contribution in [2.75, 3.05) is 11.9 Å². The van der Waals surface area contributed by atoms with Gasteiger partial charge in [-0.05, 0) is 19.1 Å². The zero-order chi connectivity index (χ0) is 14.7. The second-order valence-corrected chi connectivity index (χ2v) is 3.81. The molecule has 0 atom stereocenters. The Labute approximate surface area is 112 Å². The molecule has 0 aliphatic carbocycles. The van der Waals surface area contributed by atoms with E-state index in [-0.39, 0.29) is 5.95 Å². The summed E-state index contributed by atoms with van der Waals surface area (Å²) in [5, 5.41) is 13.7. The van der Waals surface area contributed by atoms with E-state index in [1.807, 2.05) is 0 Å². The maximum absolute atomic E-state index is 13.8. The highest BCUT2D eigenvalue weighted by molar-refractivity contribution is 5.71. The third kappa shape index (κ3) is 2.53. The molecule has 0 fully saturated rings. The molecule has 1 N–H and O–H groups in total. The van der Waals surface area contributed by atoms with Gasteiger partial charge in [0.2, 0.25) is 5.95 Å². The van der Waals surface area contributed by atoms with Crippen LogP contribution >= 0.6 is 0 Å². The number of hydrogen-bond donors (Lipinski definition) is 1. The molecule has 0 aliphatic heterocycles. The smallest absolute Gasteiger partial charge is 0.314 e. The molecule has 0 bridgehead atoms. The Hall–Kier alpha value is -2.64. The minimum atomic E-state index is -0.922. The number of rotatable bonds is 4. The van der Waals surface area contributed by atoms with Crippen LogP contribution in [-0.4, -0.2) is 21.4 Å². The Morgan fingerprint density at radius 3 is 2.55 bits per heavy atom. The number of nitrogens with one attached hydrogen (secondary N) is 1. The first-order chi connectivity index (χ1) is 9.54. The van der Waals surface area contributed by atoms with Gasteiger partial charge in [0.05, 0.1) is 10.5 Å².